The first-order valence-electron chi connectivity index (χ1n) is 7.37. The smallest absolute Gasteiger partial charge is 0.254 e. The third kappa shape index (κ3) is 3.08. The summed E-state index contributed by atoms with van der Waals surface area (Å²) in [6.45, 7) is 7.68. The van der Waals surface area contributed by atoms with E-state index in [1.807, 2.05) is 13.8 Å². The number of nitrogens with one attached hydrogen (secondary N) is 1. The molecule has 0 aromatic rings. The second kappa shape index (κ2) is 5.13. The maximum atomic E-state index is 11.7. The predicted octanol–water partition coefficient (Wildman–Crippen LogP) is 0.631. The van der Waals surface area contributed by atoms with Gasteiger partial charge in [0.05, 0.1) is 13.0 Å². The molecule has 7 nitrogen and oxygen atoms in total. The number of carbonyl (C=O) groups excluding carboxylic acids is 2. The van der Waals surface area contributed by atoms with Crippen LogP contribution < -0.4 is 5.32 Å². The maximum Gasteiger partial charge on any atom is 0.254 e. The molecule has 122 valence electrons. The highest BCUT2D eigenvalue weighted by Crippen LogP contribution is 2.36. The maximum absolute atomic E-state index is 11.7. The van der Waals surface area contributed by atoms with E-state index in [4.69, 9.17) is 18.9 Å². The molecule has 0 spiro atoms. The Morgan fingerprint density at radius 1 is 1.09 bits per heavy atom. The van der Waals surface area contributed by atoms with Gasteiger partial charge in [0.2, 0.25) is 5.91 Å². The third-order valence-corrected chi connectivity index (χ3v) is 3.82. The summed E-state index contributed by atoms with van der Waals surface area (Å²) in [6, 6.07) is 0. The van der Waals surface area contributed by atoms with Gasteiger partial charge in [-0.3, -0.25) is 14.9 Å². The molecule has 3 unspecified atom stereocenters. The lowest BCUT2D eigenvalue weighted by Gasteiger charge is -2.23. The van der Waals surface area contributed by atoms with Crippen molar-refractivity contribution in [1.82, 2.24) is 5.32 Å². The van der Waals surface area contributed by atoms with Crippen molar-refractivity contribution < 1.29 is 28.5 Å². The molecular formula is C15H21NO6. The molecule has 3 heterocycles. The molecule has 3 atom stereocenters. The Bertz CT molecular complexity index is 538. The lowest BCUT2D eigenvalue weighted by molar-refractivity contribution is -0.174. The Kier molecular flexibility index (Phi) is 3.64. The topological polar surface area (TPSA) is 83.1 Å². The minimum absolute atomic E-state index is 0.0688. The summed E-state index contributed by atoms with van der Waals surface area (Å²) < 4.78 is 23.2. The quantitative estimate of drug-likeness (QED) is 0.595. The van der Waals surface area contributed by atoms with E-state index in [9.17, 15) is 9.59 Å². The Hall–Kier alpha value is -1.28. The predicted molar refractivity (Wildman–Crippen MR) is 74.6 cm³/mol. The van der Waals surface area contributed by atoms with Crippen molar-refractivity contribution in [1.29, 1.82) is 0 Å². The van der Waals surface area contributed by atoms with Crippen molar-refractivity contribution in [2.45, 2.75) is 64.0 Å². The van der Waals surface area contributed by atoms with Crippen LogP contribution >= 0.6 is 0 Å². The molecule has 3 aliphatic heterocycles. The van der Waals surface area contributed by atoms with Gasteiger partial charge in [-0.25, -0.2) is 0 Å². The van der Waals surface area contributed by atoms with Crippen LogP contribution in [0.1, 0.15) is 34.1 Å². The van der Waals surface area contributed by atoms with Gasteiger partial charge in [-0.1, -0.05) is 0 Å². The van der Waals surface area contributed by atoms with E-state index in [-0.39, 0.29) is 24.3 Å². The van der Waals surface area contributed by atoms with Crippen molar-refractivity contribution in [2.75, 3.05) is 6.61 Å². The molecule has 0 aromatic carbocycles. The number of hydrogen-bond donors (Lipinski definition) is 1. The van der Waals surface area contributed by atoms with Gasteiger partial charge in [0.25, 0.3) is 5.91 Å². The van der Waals surface area contributed by atoms with Gasteiger partial charge in [-0.15, -0.1) is 0 Å². The molecule has 0 bridgehead atoms. The van der Waals surface area contributed by atoms with Crippen molar-refractivity contribution in [3.05, 3.63) is 11.6 Å². The lowest BCUT2D eigenvalue weighted by atomic mass is 10.0. The molecule has 3 rings (SSSR count). The SMILES string of the molecule is CC1(C)OCC(C2OC(C)(C)OC2/C=C2/CC(=O)NC2=O)O1. The Labute approximate surface area is 128 Å². The molecule has 2 amide bonds. The number of rotatable bonds is 2. The molecule has 3 fully saturated rings. The summed E-state index contributed by atoms with van der Waals surface area (Å²) >= 11 is 0. The second-order valence-electron chi connectivity index (χ2n) is 6.68. The zero-order valence-electron chi connectivity index (χ0n) is 13.2. The van der Waals surface area contributed by atoms with E-state index in [2.05, 4.69) is 5.32 Å². The molecule has 0 saturated carbocycles. The van der Waals surface area contributed by atoms with Crippen LogP contribution in [0.25, 0.3) is 0 Å². The summed E-state index contributed by atoms with van der Waals surface area (Å²) in [5.41, 5.74) is 0.402. The van der Waals surface area contributed by atoms with E-state index in [1.54, 1.807) is 19.9 Å². The second-order valence-corrected chi connectivity index (χ2v) is 6.68. The number of imide groups is 1. The number of amides is 2. The summed E-state index contributed by atoms with van der Waals surface area (Å²) in [4.78, 5) is 23.0. The number of hydrogen-bond acceptors (Lipinski definition) is 6. The molecule has 3 saturated heterocycles. The van der Waals surface area contributed by atoms with Crippen LogP contribution in [0.15, 0.2) is 11.6 Å². The van der Waals surface area contributed by atoms with Crippen molar-refractivity contribution >= 4 is 11.8 Å². The molecule has 0 radical (unpaired) electrons. The average Bonchev–Trinajstić information content (AvgIpc) is 2.97. The molecular weight excluding hydrogens is 290 g/mol. The summed E-state index contributed by atoms with van der Waals surface area (Å²) in [6.07, 6.45) is 0.573. The van der Waals surface area contributed by atoms with E-state index >= 15 is 0 Å². The van der Waals surface area contributed by atoms with Gasteiger partial charge >= 0.3 is 0 Å². The van der Waals surface area contributed by atoms with Crippen LogP contribution in [0.2, 0.25) is 0 Å². The van der Waals surface area contributed by atoms with Crippen LogP contribution in [0.3, 0.4) is 0 Å². The van der Waals surface area contributed by atoms with Crippen LogP contribution in [-0.4, -0.2) is 48.3 Å². The van der Waals surface area contributed by atoms with Crippen LogP contribution in [0.4, 0.5) is 0 Å². The van der Waals surface area contributed by atoms with Gasteiger partial charge in [0.15, 0.2) is 11.6 Å². The molecule has 3 aliphatic rings. The largest absolute Gasteiger partial charge is 0.348 e. The molecule has 7 heteroatoms. The minimum atomic E-state index is -0.790. The Morgan fingerprint density at radius 2 is 1.82 bits per heavy atom. The normalized spacial score (nSPS) is 38.7. The van der Waals surface area contributed by atoms with Gasteiger partial charge in [0, 0.05) is 5.57 Å². The van der Waals surface area contributed by atoms with Gasteiger partial charge in [0.1, 0.15) is 18.3 Å². The highest BCUT2D eigenvalue weighted by Gasteiger charge is 2.49. The Balaban J connectivity index is 1.80. The van der Waals surface area contributed by atoms with E-state index in [0.717, 1.165) is 0 Å². The monoisotopic (exact) mass is 311 g/mol. The van der Waals surface area contributed by atoms with Gasteiger partial charge < -0.3 is 18.9 Å². The van der Waals surface area contributed by atoms with Gasteiger partial charge in [-0.05, 0) is 33.8 Å². The molecule has 0 aromatic heterocycles. The van der Waals surface area contributed by atoms with E-state index < -0.39 is 23.8 Å². The standard InChI is InChI=1S/C15H21NO6/c1-14(2)19-7-10(21-14)12-9(20-15(3,4)22-12)5-8-6-11(17)16-13(8)18/h5,9-10,12H,6-7H2,1-4H3,(H,16,17,18)/b8-5-. The highest BCUT2D eigenvalue weighted by atomic mass is 16.8. The first kappa shape index (κ1) is 15.6. The average molecular weight is 311 g/mol. The van der Waals surface area contributed by atoms with Crippen molar-refractivity contribution in [3.8, 4) is 0 Å². The third-order valence-electron chi connectivity index (χ3n) is 3.82. The summed E-state index contributed by atoms with van der Waals surface area (Å²) in [7, 11) is 0. The molecule has 1 N–H and O–H groups in total. The van der Waals surface area contributed by atoms with Crippen LogP contribution in [0, 0.1) is 0 Å². The molecule has 22 heavy (non-hydrogen) atoms. The number of ether oxygens (including phenoxy) is 4. The minimum Gasteiger partial charge on any atom is -0.348 e. The fourth-order valence-electron chi connectivity index (χ4n) is 2.95. The van der Waals surface area contributed by atoms with Crippen LogP contribution in [-0.2, 0) is 28.5 Å². The zero-order valence-corrected chi connectivity index (χ0v) is 13.2. The molecule has 0 aliphatic carbocycles. The van der Waals surface area contributed by atoms with Gasteiger partial charge in [-0.2, -0.15) is 0 Å². The fourth-order valence-corrected chi connectivity index (χ4v) is 2.95. The van der Waals surface area contributed by atoms with E-state index in [1.165, 1.54) is 0 Å². The fraction of sp³-hybridized carbons (Fsp3) is 0.733. The van der Waals surface area contributed by atoms with E-state index in [0.29, 0.717) is 12.2 Å². The summed E-state index contributed by atoms with van der Waals surface area (Å²) in [5.74, 6) is -2.13. The highest BCUT2D eigenvalue weighted by molar-refractivity contribution is 6.13. The van der Waals surface area contributed by atoms with Crippen molar-refractivity contribution in [2.24, 2.45) is 0 Å². The zero-order chi connectivity index (χ0) is 16.1. The first-order valence-corrected chi connectivity index (χ1v) is 7.37. The summed E-state index contributed by atoms with van der Waals surface area (Å²) in [5, 5.41) is 2.26. The number of carbonyl (C=O) groups is 2. The first-order chi connectivity index (χ1) is 10.2. The van der Waals surface area contributed by atoms with Crippen LogP contribution in [0.5, 0.6) is 0 Å². The lowest BCUT2D eigenvalue weighted by Crippen LogP contribution is -2.37. The Morgan fingerprint density at radius 3 is 2.36 bits per heavy atom. The van der Waals surface area contributed by atoms with Crippen molar-refractivity contribution in [3.63, 3.8) is 0 Å².